The van der Waals surface area contributed by atoms with Crippen LogP contribution < -0.4 is 4.72 Å². The molecule has 1 N–H and O–H groups in total. The van der Waals surface area contributed by atoms with Crippen molar-refractivity contribution in [1.82, 2.24) is 14.2 Å². The first-order valence-electron chi connectivity index (χ1n) is 10.6. The molecule has 2 aliphatic rings. The summed E-state index contributed by atoms with van der Waals surface area (Å²) >= 11 is 0. The molecule has 3 aromatic rings. The van der Waals surface area contributed by atoms with Crippen molar-refractivity contribution in [2.24, 2.45) is 0 Å². The van der Waals surface area contributed by atoms with Gasteiger partial charge in [0, 0.05) is 47.5 Å². The Bertz CT molecular complexity index is 1250. The third kappa shape index (κ3) is 4.31. The van der Waals surface area contributed by atoms with Crippen molar-refractivity contribution in [2.45, 2.75) is 36.9 Å². The van der Waals surface area contributed by atoms with E-state index in [2.05, 4.69) is 9.62 Å². The van der Waals surface area contributed by atoms with Gasteiger partial charge in [-0.1, -0.05) is 6.07 Å². The molecular formula is C23H22F5N3OS. The van der Waals surface area contributed by atoms with Crippen molar-refractivity contribution >= 4 is 21.9 Å². The second-order valence-electron chi connectivity index (χ2n) is 8.79. The Balaban J connectivity index is 1.62. The lowest BCUT2D eigenvalue weighted by Crippen LogP contribution is -2.44. The van der Waals surface area contributed by atoms with Crippen LogP contribution in [-0.4, -0.2) is 39.1 Å². The summed E-state index contributed by atoms with van der Waals surface area (Å²) in [4.78, 5) is 2.10. The highest BCUT2D eigenvalue weighted by Gasteiger charge is 2.35. The highest BCUT2D eigenvalue weighted by Crippen LogP contribution is 2.40. The van der Waals surface area contributed by atoms with E-state index in [0.29, 0.717) is 17.0 Å². The van der Waals surface area contributed by atoms with Crippen LogP contribution in [0.25, 0.3) is 22.0 Å². The summed E-state index contributed by atoms with van der Waals surface area (Å²) in [7, 11) is 0.785. The van der Waals surface area contributed by atoms with E-state index in [4.69, 9.17) is 0 Å². The fourth-order valence-electron chi connectivity index (χ4n) is 4.37. The number of likely N-dealkylation sites (N-methyl/N-ethyl adjacent to an activating group) is 1. The van der Waals surface area contributed by atoms with Gasteiger partial charge in [-0.3, -0.25) is 0 Å². The number of alkyl halides is 3. The van der Waals surface area contributed by atoms with E-state index < -0.39 is 39.9 Å². The summed E-state index contributed by atoms with van der Waals surface area (Å²) in [6.45, 7) is 1.77. The molecule has 176 valence electrons. The largest absolute Gasteiger partial charge is 0.417 e. The molecule has 33 heavy (non-hydrogen) atoms. The minimum absolute atomic E-state index is 0.0915. The highest BCUT2D eigenvalue weighted by atomic mass is 32.2. The predicted molar refractivity (Wildman–Crippen MR) is 117 cm³/mol. The molecule has 5 rings (SSSR count). The lowest BCUT2D eigenvalue weighted by Gasteiger charge is -2.37. The van der Waals surface area contributed by atoms with Gasteiger partial charge in [0.15, 0.2) is 0 Å². The first-order valence-corrected chi connectivity index (χ1v) is 11.9. The van der Waals surface area contributed by atoms with E-state index in [9.17, 15) is 21.8 Å². The molecule has 4 nitrogen and oxygen atoms in total. The van der Waals surface area contributed by atoms with E-state index in [1.807, 2.05) is 17.8 Å². The highest BCUT2D eigenvalue weighted by molar-refractivity contribution is 7.83. The number of nitrogens with one attached hydrogen (secondary N) is 1. The molecule has 0 spiro atoms. The SMILES string of the molecule is CN1CC(n2cc(CNS(=O)C3CC3)c3cc(F)c(-c4ccc(F)cc4C(F)(F)F)cc32)C1. The van der Waals surface area contributed by atoms with E-state index in [0.717, 1.165) is 43.6 Å². The third-order valence-corrected chi connectivity index (χ3v) is 7.76. The number of benzene rings is 2. The Morgan fingerprint density at radius 3 is 2.45 bits per heavy atom. The van der Waals surface area contributed by atoms with Crippen LogP contribution in [0.3, 0.4) is 0 Å². The van der Waals surface area contributed by atoms with Gasteiger partial charge in [0.2, 0.25) is 0 Å². The van der Waals surface area contributed by atoms with Gasteiger partial charge in [0.05, 0.1) is 22.6 Å². The molecule has 0 amide bonds. The third-order valence-electron chi connectivity index (χ3n) is 6.25. The first-order chi connectivity index (χ1) is 15.6. The van der Waals surface area contributed by atoms with Gasteiger partial charge in [-0.25, -0.2) is 17.7 Å². The minimum Gasteiger partial charge on any atom is -0.341 e. The summed E-state index contributed by atoms with van der Waals surface area (Å²) in [5.41, 5.74) is -0.534. The Morgan fingerprint density at radius 2 is 1.82 bits per heavy atom. The molecule has 1 atom stereocenters. The van der Waals surface area contributed by atoms with Crippen molar-refractivity contribution in [3.63, 3.8) is 0 Å². The van der Waals surface area contributed by atoms with Crippen LogP contribution in [0.5, 0.6) is 0 Å². The van der Waals surface area contributed by atoms with Crippen LogP contribution in [-0.2, 0) is 23.7 Å². The van der Waals surface area contributed by atoms with Crippen molar-refractivity contribution in [3.05, 3.63) is 59.3 Å². The van der Waals surface area contributed by atoms with Crippen molar-refractivity contribution in [2.75, 3.05) is 20.1 Å². The summed E-state index contributed by atoms with van der Waals surface area (Å²) in [6.07, 6.45) is -1.16. The van der Waals surface area contributed by atoms with E-state index in [1.165, 1.54) is 12.1 Å². The maximum atomic E-state index is 15.2. The monoisotopic (exact) mass is 483 g/mol. The smallest absolute Gasteiger partial charge is 0.341 e. The molecule has 1 aromatic heterocycles. The molecule has 2 fully saturated rings. The molecule has 0 bridgehead atoms. The summed E-state index contributed by atoms with van der Waals surface area (Å²) in [5.74, 6) is -1.86. The first kappa shape index (κ1) is 22.5. The van der Waals surface area contributed by atoms with Crippen molar-refractivity contribution in [3.8, 4) is 11.1 Å². The van der Waals surface area contributed by atoms with E-state index in [-0.39, 0.29) is 23.4 Å². The Hall–Kier alpha value is -2.30. The standard InChI is InChI=1S/C23H22F5N3OS/c1-30-11-15(12-30)31-10-13(9-29-33(32)16-3-4-16)18-7-21(25)19(8-22(18)31)17-5-2-14(24)6-20(17)23(26,27)28/h2,5-8,10,15-16,29H,3-4,9,11-12H2,1H3. The number of aromatic nitrogens is 1. The number of rotatable bonds is 6. The Morgan fingerprint density at radius 1 is 1.09 bits per heavy atom. The average molecular weight is 484 g/mol. The van der Waals surface area contributed by atoms with Crippen LogP contribution in [0.15, 0.2) is 36.5 Å². The number of halogens is 5. The zero-order valence-corrected chi connectivity index (χ0v) is 18.6. The Labute approximate surface area is 190 Å². The van der Waals surface area contributed by atoms with E-state index in [1.54, 1.807) is 0 Å². The van der Waals surface area contributed by atoms with Gasteiger partial charge in [-0.05, 0) is 55.3 Å². The second kappa shape index (κ2) is 8.18. The molecule has 2 aromatic carbocycles. The van der Waals surface area contributed by atoms with Gasteiger partial charge in [0.25, 0.3) is 0 Å². The lowest BCUT2D eigenvalue weighted by molar-refractivity contribution is -0.137. The zero-order chi connectivity index (χ0) is 23.5. The van der Waals surface area contributed by atoms with Crippen LogP contribution in [0.1, 0.15) is 30.0 Å². The van der Waals surface area contributed by atoms with Crippen molar-refractivity contribution < 1.29 is 26.2 Å². The number of fused-ring (bicyclic) bond motifs is 1. The topological polar surface area (TPSA) is 37.3 Å². The number of hydrogen-bond acceptors (Lipinski definition) is 2. The second-order valence-corrected chi connectivity index (χ2v) is 10.3. The number of nitrogens with zero attached hydrogens (tertiary/aromatic N) is 2. The number of hydrogen-bond donors (Lipinski definition) is 1. The molecule has 2 heterocycles. The molecule has 0 radical (unpaired) electrons. The zero-order valence-electron chi connectivity index (χ0n) is 17.8. The summed E-state index contributed by atoms with van der Waals surface area (Å²) in [5, 5.41) is 0.697. The molecule has 1 saturated heterocycles. The van der Waals surface area contributed by atoms with Crippen LogP contribution in [0, 0.1) is 11.6 Å². The van der Waals surface area contributed by atoms with Gasteiger partial charge in [0.1, 0.15) is 11.6 Å². The summed E-state index contributed by atoms with van der Waals surface area (Å²) in [6, 6.07) is 4.98. The van der Waals surface area contributed by atoms with Crippen LogP contribution in [0.2, 0.25) is 0 Å². The minimum atomic E-state index is -4.83. The predicted octanol–water partition coefficient (Wildman–Crippen LogP) is 5.01. The molecule has 1 aliphatic carbocycles. The average Bonchev–Trinajstić information content (AvgIpc) is 3.52. The van der Waals surface area contributed by atoms with Gasteiger partial charge in [-0.2, -0.15) is 13.2 Å². The number of likely N-dealkylation sites (tertiary alicyclic amines) is 1. The normalized spacial score (nSPS) is 18.6. The van der Waals surface area contributed by atoms with E-state index >= 15 is 4.39 Å². The maximum Gasteiger partial charge on any atom is 0.417 e. The van der Waals surface area contributed by atoms with Crippen LogP contribution in [0.4, 0.5) is 22.0 Å². The quantitative estimate of drug-likeness (QED) is 0.501. The van der Waals surface area contributed by atoms with Gasteiger partial charge in [-0.15, -0.1) is 0 Å². The fourth-order valence-corrected chi connectivity index (χ4v) is 5.46. The van der Waals surface area contributed by atoms with Crippen LogP contribution >= 0.6 is 0 Å². The fraction of sp³-hybridized carbons (Fsp3) is 0.391. The maximum absolute atomic E-state index is 15.2. The molecule has 1 aliphatic heterocycles. The summed E-state index contributed by atoms with van der Waals surface area (Å²) < 4.78 is 86.7. The van der Waals surface area contributed by atoms with Crippen molar-refractivity contribution in [1.29, 1.82) is 0 Å². The lowest BCUT2D eigenvalue weighted by atomic mass is 9.97. The van der Waals surface area contributed by atoms with Gasteiger partial charge >= 0.3 is 6.18 Å². The molecule has 1 saturated carbocycles. The molecular weight excluding hydrogens is 461 g/mol. The molecule has 10 heteroatoms. The van der Waals surface area contributed by atoms with Gasteiger partial charge < -0.3 is 9.47 Å². The molecule has 1 unspecified atom stereocenters. The Kier molecular flexibility index (Phi) is 5.57.